The number of fused-ring (bicyclic) bond motifs is 1. The van der Waals surface area contributed by atoms with Gasteiger partial charge in [0.2, 0.25) is 15.6 Å². The number of halogens is 1. The molecule has 4 aromatic rings. The van der Waals surface area contributed by atoms with Gasteiger partial charge in [0, 0.05) is 5.69 Å². The number of hydrogen-bond donors (Lipinski definition) is 2. The highest BCUT2D eigenvalue weighted by Crippen LogP contribution is 2.35. The van der Waals surface area contributed by atoms with Crippen molar-refractivity contribution in [2.75, 3.05) is 15.9 Å². The molecule has 168 valence electrons. The molecule has 2 aromatic heterocycles. The van der Waals surface area contributed by atoms with E-state index in [2.05, 4.69) is 15.1 Å². The molecule has 0 saturated heterocycles. The third-order valence-electron chi connectivity index (χ3n) is 5.25. The second-order valence-electron chi connectivity index (χ2n) is 7.57. The Morgan fingerprint density at radius 3 is 2.61 bits per heavy atom. The van der Waals surface area contributed by atoms with Crippen molar-refractivity contribution < 1.29 is 17.2 Å². The lowest BCUT2D eigenvalue weighted by atomic mass is 10.1. The summed E-state index contributed by atoms with van der Waals surface area (Å²) in [6.45, 7) is 0. The van der Waals surface area contributed by atoms with E-state index in [1.165, 1.54) is 18.4 Å². The molecule has 1 aliphatic heterocycles. The summed E-state index contributed by atoms with van der Waals surface area (Å²) < 4.78 is 45.4. The summed E-state index contributed by atoms with van der Waals surface area (Å²) in [5.74, 6) is -0.272. The summed E-state index contributed by atoms with van der Waals surface area (Å²) >= 11 is 1.62. The van der Waals surface area contributed by atoms with Crippen molar-refractivity contribution in [1.29, 1.82) is 0 Å². The quantitative estimate of drug-likeness (QED) is 0.454. The fourth-order valence-electron chi connectivity index (χ4n) is 3.76. The van der Waals surface area contributed by atoms with Gasteiger partial charge in [-0.3, -0.25) is 4.72 Å². The van der Waals surface area contributed by atoms with Crippen molar-refractivity contribution in [3.63, 3.8) is 0 Å². The van der Waals surface area contributed by atoms with Crippen LogP contribution in [-0.4, -0.2) is 14.7 Å². The lowest BCUT2D eigenvalue weighted by Crippen LogP contribution is -2.43. The van der Waals surface area contributed by atoms with Gasteiger partial charge in [-0.15, -0.1) is 0 Å². The highest BCUT2D eigenvalue weighted by molar-refractivity contribution is 7.92. The number of benzene rings is 2. The third-order valence-corrected chi connectivity index (χ3v) is 6.52. The minimum absolute atomic E-state index is 0.165. The van der Waals surface area contributed by atoms with Gasteiger partial charge in [0.1, 0.15) is 11.6 Å². The Hall–Kier alpha value is -3.63. The molecule has 2 aromatic carbocycles. The summed E-state index contributed by atoms with van der Waals surface area (Å²) in [5.41, 5.74) is 10.2. The molecule has 0 bridgehead atoms. The van der Waals surface area contributed by atoms with Crippen LogP contribution in [0.5, 0.6) is 0 Å². The van der Waals surface area contributed by atoms with Crippen LogP contribution in [0.15, 0.2) is 81.0 Å². The number of nitrogens with two attached hydrogens (primary N) is 1. The number of thiophene rings is 1. The Morgan fingerprint density at radius 2 is 1.91 bits per heavy atom. The fraction of sp³-hybridized carbons (Fsp3) is 0.0870. The standard InChI is InChI=1S/C23H19FN4O3S2/c1-33(29,30)27-20-12-15(4-7-19(20)24)22-26-23-18(8-10-31-23)21(25)28(22)17-5-2-14(3-6-17)16-9-11-32-13-16/h2-13,22,27H,25H2,1H3. The first-order valence-electron chi connectivity index (χ1n) is 9.90. The lowest BCUT2D eigenvalue weighted by molar-refractivity contribution is 0.483. The van der Waals surface area contributed by atoms with E-state index in [9.17, 15) is 12.8 Å². The van der Waals surface area contributed by atoms with Crippen molar-refractivity contribution in [3.05, 3.63) is 93.8 Å². The molecule has 1 aliphatic rings. The number of rotatable bonds is 5. The molecule has 0 fully saturated rings. The van der Waals surface area contributed by atoms with Gasteiger partial charge in [-0.25, -0.2) is 17.8 Å². The van der Waals surface area contributed by atoms with Crippen molar-refractivity contribution in [3.8, 4) is 11.1 Å². The zero-order valence-electron chi connectivity index (χ0n) is 17.4. The summed E-state index contributed by atoms with van der Waals surface area (Å²) in [6.07, 6.45) is 1.77. The maximum Gasteiger partial charge on any atom is 0.229 e. The normalized spacial score (nSPS) is 15.8. The van der Waals surface area contributed by atoms with Crippen molar-refractivity contribution >= 4 is 38.6 Å². The second kappa shape index (κ2) is 8.05. The third kappa shape index (κ3) is 4.10. The average molecular weight is 483 g/mol. The van der Waals surface area contributed by atoms with Crippen molar-refractivity contribution in [2.45, 2.75) is 6.17 Å². The molecule has 1 atom stereocenters. The van der Waals surface area contributed by atoms with Crippen LogP contribution in [-0.2, 0) is 10.0 Å². The molecule has 1 unspecified atom stereocenters. The second-order valence-corrected chi connectivity index (χ2v) is 10.1. The maximum absolute atomic E-state index is 14.3. The van der Waals surface area contributed by atoms with Gasteiger partial charge in [0.05, 0.1) is 23.4 Å². The van der Waals surface area contributed by atoms with Gasteiger partial charge in [0.15, 0.2) is 6.17 Å². The van der Waals surface area contributed by atoms with Gasteiger partial charge >= 0.3 is 0 Å². The number of hydrogen-bond acceptors (Lipinski definition) is 7. The van der Waals surface area contributed by atoms with Gasteiger partial charge in [-0.1, -0.05) is 18.2 Å². The first-order chi connectivity index (χ1) is 15.8. The van der Waals surface area contributed by atoms with Crippen LogP contribution in [0.1, 0.15) is 11.7 Å². The van der Waals surface area contributed by atoms with E-state index in [0.717, 1.165) is 23.1 Å². The van der Waals surface area contributed by atoms with Crippen LogP contribution in [0.2, 0.25) is 0 Å². The minimum Gasteiger partial charge on any atom is -0.446 e. The van der Waals surface area contributed by atoms with Crippen LogP contribution in [0.25, 0.3) is 16.9 Å². The Kier molecular flexibility index (Phi) is 5.18. The highest BCUT2D eigenvalue weighted by Gasteiger charge is 2.28. The molecule has 0 aliphatic carbocycles. The summed E-state index contributed by atoms with van der Waals surface area (Å²) in [6, 6.07) is 15.8. The topological polar surface area (TPSA) is 101 Å². The van der Waals surface area contributed by atoms with Crippen molar-refractivity contribution in [1.82, 2.24) is 0 Å². The molecule has 0 radical (unpaired) electrons. The molecule has 5 rings (SSSR count). The van der Waals surface area contributed by atoms with E-state index >= 15 is 0 Å². The lowest BCUT2D eigenvalue weighted by Gasteiger charge is -2.33. The van der Waals surface area contributed by atoms with E-state index in [1.54, 1.807) is 23.5 Å². The predicted molar refractivity (Wildman–Crippen MR) is 127 cm³/mol. The molecule has 33 heavy (non-hydrogen) atoms. The predicted octanol–water partition coefficient (Wildman–Crippen LogP) is 3.38. The van der Waals surface area contributed by atoms with Crippen LogP contribution >= 0.6 is 11.3 Å². The van der Waals surface area contributed by atoms with E-state index in [0.29, 0.717) is 22.2 Å². The molecule has 0 spiro atoms. The SMILES string of the molecule is CS(=O)(=O)Nc1cc(C2N=c3occc3=C(N)N2c2ccc(-c3ccsc3)cc2)ccc1F. The zero-order valence-corrected chi connectivity index (χ0v) is 19.0. The van der Waals surface area contributed by atoms with Gasteiger partial charge in [-0.05, 0) is 63.8 Å². The molecule has 3 heterocycles. The van der Waals surface area contributed by atoms with Gasteiger partial charge < -0.3 is 15.1 Å². The minimum atomic E-state index is -3.67. The summed E-state index contributed by atoms with van der Waals surface area (Å²) in [7, 11) is -3.67. The largest absolute Gasteiger partial charge is 0.446 e. The van der Waals surface area contributed by atoms with E-state index in [1.807, 2.05) is 40.6 Å². The average Bonchev–Trinajstić information content (AvgIpc) is 3.47. The van der Waals surface area contributed by atoms with Crippen molar-refractivity contribution in [2.24, 2.45) is 10.7 Å². The number of nitrogens with one attached hydrogen (secondary N) is 1. The van der Waals surface area contributed by atoms with E-state index < -0.39 is 22.0 Å². The summed E-state index contributed by atoms with van der Waals surface area (Å²) in [5, 5.41) is 4.73. The molecular formula is C23H19FN4O3S2. The van der Waals surface area contributed by atoms with Crippen LogP contribution < -0.4 is 26.1 Å². The van der Waals surface area contributed by atoms with Crippen LogP contribution in [0, 0.1) is 5.82 Å². The Balaban J connectivity index is 1.62. The van der Waals surface area contributed by atoms with Gasteiger partial charge in [0.25, 0.3) is 0 Å². The first kappa shape index (κ1) is 21.2. The molecule has 10 heteroatoms. The summed E-state index contributed by atoms with van der Waals surface area (Å²) in [4.78, 5) is 6.50. The fourth-order valence-corrected chi connectivity index (χ4v) is 4.98. The smallest absolute Gasteiger partial charge is 0.229 e. The zero-order chi connectivity index (χ0) is 23.2. The monoisotopic (exact) mass is 482 g/mol. The number of anilines is 2. The molecular weight excluding hydrogens is 463 g/mol. The van der Waals surface area contributed by atoms with E-state index in [4.69, 9.17) is 10.2 Å². The molecule has 3 N–H and O–H groups in total. The Labute approximate surface area is 193 Å². The molecule has 7 nitrogen and oxygen atoms in total. The molecule has 0 amide bonds. The van der Waals surface area contributed by atoms with E-state index in [-0.39, 0.29) is 5.69 Å². The Bertz CT molecular complexity index is 1550. The maximum atomic E-state index is 14.3. The van der Waals surface area contributed by atoms with Crippen LogP contribution in [0.4, 0.5) is 15.8 Å². The number of nitrogens with zero attached hydrogens (tertiary/aromatic N) is 2. The van der Waals surface area contributed by atoms with Crippen LogP contribution in [0.3, 0.4) is 0 Å². The number of sulfonamides is 1. The Morgan fingerprint density at radius 1 is 1.12 bits per heavy atom. The highest BCUT2D eigenvalue weighted by atomic mass is 32.2. The number of furan rings is 1. The first-order valence-corrected chi connectivity index (χ1v) is 12.7. The molecule has 0 saturated carbocycles. The van der Waals surface area contributed by atoms with Gasteiger partial charge in [-0.2, -0.15) is 11.3 Å².